The topological polar surface area (TPSA) is 118 Å². The van der Waals surface area contributed by atoms with Gasteiger partial charge in [0.15, 0.2) is 5.82 Å². The van der Waals surface area contributed by atoms with Crippen molar-refractivity contribution in [1.82, 2.24) is 10.2 Å². The Balaban J connectivity index is 2.37. The van der Waals surface area contributed by atoms with Crippen molar-refractivity contribution in [2.75, 3.05) is 10.5 Å². The Hall–Kier alpha value is -2.42. The highest BCUT2D eigenvalue weighted by Gasteiger charge is 2.18. The quantitative estimate of drug-likeness (QED) is 0.700. The van der Waals surface area contributed by atoms with E-state index >= 15 is 0 Å². The SMILES string of the molecule is Nc1cc(F)ccc1S(=O)(=O)Nc1ccc(=O)[nH]n1. The molecule has 19 heavy (non-hydrogen) atoms. The molecule has 0 aliphatic carbocycles. The highest BCUT2D eigenvalue weighted by molar-refractivity contribution is 7.92. The van der Waals surface area contributed by atoms with Gasteiger partial charge in [0.05, 0.1) is 5.69 Å². The third-order valence-electron chi connectivity index (χ3n) is 2.18. The lowest BCUT2D eigenvalue weighted by Gasteiger charge is -2.08. The number of nitrogens with one attached hydrogen (secondary N) is 2. The lowest BCUT2D eigenvalue weighted by Crippen LogP contribution is -2.17. The lowest BCUT2D eigenvalue weighted by atomic mass is 10.3. The van der Waals surface area contributed by atoms with Gasteiger partial charge in [0.1, 0.15) is 10.7 Å². The van der Waals surface area contributed by atoms with Crippen LogP contribution in [-0.2, 0) is 10.0 Å². The second kappa shape index (κ2) is 4.69. The van der Waals surface area contributed by atoms with Crippen molar-refractivity contribution in [3.05, 3.63) is 46.5 Å². The Kier molecular flexibility index (Phi) is 3.21. The highest BCUT2D eigenvalue weighted by Crippen LogP contribution is 2.21. The molecule has 0 fully saturated rings. The van der Waals surface area contributed by atoms with Gasteiger partial charge in [0.25, 0.3) is 15.6 Å². The first kappa shape index (κ1) is 13.0. The molecule has 0 aliphatic rings. The Bertz CT molecular complexity index is 752. The largest absolute Gasteiger partial charge is 0.398 e. The van der Waals surface area contributed by atoms with Gasteiger partial charge in [-0.05, 0) is 24.3 Å². The van der Waals surface area contributed by atoms with Crippen molar-refractivity contribution < 1.29 is 12.8 Å². The summed E-state index contributed by atoms with van der Waals surface area (Å²) in [5, 5.41) is 5.57. The van der Waals surface area contributed by atoms with Crippen LogP contribution in [-0.4, -0.2) is 18.6 Å². The van der Waals surface area contributed by atoms with Gasteiger partial charge in [-0.1, -0.05) is 0 Å². The Labute approximate surface area is 107 Å². The fourth-order valence-corrected chi connectivity index (χ4v) is 2.47. The van der Waals surface area contributed by atoms with E-state index < -0.39 is 21.4 Å². The number of rotatable bonds is 3. The van der Waals surface area contributed by atoms with Crippen molar-refractivity contribution in [1.29, 1.82) is 0 Å². The van der Waals surface area contributed by atoms with Gasteiger partial charge in [0.2, 0.25) is 0 Å². The third-order valence-corrected chi connectivity index (χ3v) is 3.61. The van der Waals surface area contributed by atoms with Crippen LogP contribution in [0.2, 0.25) is 0 Å². The molecule has 0 saturated carbocycles. The van der Waals surface area contributed by atoms with E-state index in [1.54, 1.807) is 0 Å². The number of nitrogens with zero attached hydrogens (tertiary/aromatic N) is 1. The summed E-state index contributed by atoms with van der Waals surface area (Å²) in [5.41, 5.74) is 4.75. The first-order valence-corrected chi connectivity index (χ1v) is 6.50. The summed E-state index contributed by atoms with van der Waals surface area (Å²) < 4.78 is 38.9. The van der Waals surface area contributed by atoms with E-state index in [-0.39, 0.29) is 16.4 Å². The van der Waals surface area contributed by atoms with Crippen molar-refractivity contribution in [3.63, 3.8) is 0 Å². The van der Waals surface area contributed by atoms with Crippen LogP contribution in [0.25, 0.3) is 0 Å². The smallest absolute Gasteiger partial charge is 0.265 e. The predicted molar refractivity (Wildman–Crippen MR) is 66.5 cm³/mol. The fraction of sp³-hybridized carbons (Fsp3) is 0. The molecule has 0 atom stereocenters. The molecule has 0 aliphatic heterocycles. The average molecular weight is 284 g/mol. The summed E-state index contributed by atoms with van der Waals surface area (Å²) in [5.74, 6) is -0.720. The van der Waals surface area contributed by atoms with Crippen molar-refractivity contribution in [2.45, 2.75) is 4.90 Å². The summed E-state index contributed by atoms with van der Waals surface area (Å²) in [7, 11) is -4.00. The van der Waals surface area contributed by atoms with Crippen molar-refractivity contribution >= 4 is 21.5 Å². The van der Waals surface area contributed by atoms with Crippen LogP contribution in [0.5, 0.6) is 0 Å². The van der Waals surface area contributed by atoms with Gasteiger partial charge in [-0.2, -0.15) is 5.10 Å². The number of anilines is 2. The van der Waals surface area contributed by atoms with E-state index in [9.17, 15) is 17.6 Å². The number of H-pyrrole nitrogens is 1. The number of hydrogen-bond donors (Lipinski definition) is 3. The van der Waals surface area contributed by atoms with Crippen LogP contribution in [0.3, 0.4) is 0 Å². The number of hydrogen-bond acceptors (Lipinski definition) is 5. The normalized spacial score (nSPS) is 11.2. The molecule has 100 valence electrons. The zero-order valence-electron chi connectivity index (χ0n) is 9.42. The maximum Gasteiger partial charge on any atom is 0.265 e. The van der Waals surface area contributed by atoms with Gasteiger partial charge in [0, 0.05) is 6.07 Å². The van der Waals surface area contributed by atoms with Crippen LogP contribution in [0, 0.1) is 5.82 Å². The zero-order valence-corrected chi connectivity index (χ0v) is 10.2. The Morgan fingerprint density at radius 3 is 2.58 bits per heavy atom. The molecule has 0 bridgehead atoms. The minimum absolute atomic E-state index is 0.0803. The fourth-order valence-electron chi connectivity index (χ4n) is 1.36. The standard InChI is InChI=1S/C10H9FN4O3S/c11-6-1-2-8(7(12)5-6)19(17,18)15-9-3-4-10(16)14-13-9/h1-5H,12H2,(H,13,15)(H,14,16). The van der Waals surface area contributed by atoms with Gasteiger partial charge in [-0.3, -0.25) is 9.52 Å². The van der Waals surface area contributed by atoms with Crippen LogP contribution >= 0.6 is 0 Å². The minimum Gasteiger partial charge on any atom is -0.398 e. The first-order valence-electron chi connectivity index (χ1n) is 5.02. The van der Waals surface area contributed by atoms with E-state index in [1.165, 1.54) is 6.07 Å². The highest BCUT2D eigenvalue weighted by atomic mass is 32.2. The maximum atomic E-state index is 12.9. The summed E-state index contributed by atoms with van der Waals surface area (Å²) >= 11 is 0. The summed E-state index contributed by atoms with van der Waals surface area (Å²) in [6.45, 7) is 0. The van der Waals surface area contributed by atoms with Crippen molar-refractivity contribution in [3.8, 4) is 0 Å². The number of aromatic amines is 1. The molecular formula is C10H9FN4O3S. The maximum absolute atomic E-state index is 12.9. The van der Waals surface area contributed by atoms with Crippen LogP contribution < -0.4 is 16.0 Å². The molecule has 2 aromatic rings. The first-order chi connectivity index (χ1) is 8.88. The number of sulfonamides is 1. The zero-order chi connectivity index (χ0) is 14.0. The Morgan fingerprint density at radius 1 is 1.26 bits per heavy atom. The van der Waals surface area contributed by atoms with Gasteiger partial charge >= 0.3 is 0 Å². The summed E-state index contributed by atoms with van der Waals surface area (Å²) in [6, 6.07) is 5.22. The third kappa shape index (κ3) is 2.88. The molecule has 1 heterocycles. The summed E-state index contributed by atoms with van der Waals surface area (Å²) in [6.07, 6.45) is 0. The van der Waals surface area contributed by atoms with Crippen molar-refractivity contribution in [2.24, 2.45) is 0 Å². The molecule has 4 N–H and O–H groups in total. The molecule has 0 spiro atoms. The molecule has 1 aromatic carbocycles. The molecule has 2 rings (SSSR count). The molecule has 7 nitrogen and oxygen atoms in total. The monoisotopic (exact) mass is 284 g/mol. The van der Waals surface area contributed by atoms with Crippen LogP contribution in [0.4, 0.5) is 15.9 Å². The van der Waals surface area contributed by atoms with Gasteiger partial charge in [-0.15, -0.1) is 0 Å². The van der Waals surface area contributed by atoms with E-state index in [0.717, 1.165) is 24.3 Å². The predicted octanol–water partition coefficient (Wildman–Crippen LogP) is 0.292. The summed E-state index contributed by atoms with van der Waals surface area (Å²) in [4.78, 5) is 10.5. The number of benzene rings is 1. The molecule has 0 unspecified atom stereocenters. The lowest BCUT2D eigenvalue weighted by molar-refractivity contribution is 0.600. The van der Waals surface area contributed by atoms with Gasteiger partial charge in [-0.25, -0.2) is 17.9 Å². The van der Waals surface area contributed by atoms with Gasteiger partial charge < -0.3 is 5.73 Å². The number of aromatic nitrogens is 2. The second-order valence-electron chi connectivity index (χ2n) is 3.59. The van der Waals surface area contributed by atoms with E-state index in [1.807, 2.05) is 0 Å². The van der Waals surface area contributed by atoms with E-state index in [4.69, 9.17) is 5.73 Å². The van der Waals surface area contributed by atoms with Crippen LogP contribution in [0.15, 0.2) is 40.0 Å². The molecule has 0 saturated heterocycles. The number of nitrogens with two attached hydrogens (primary N) is 1. The molecule has 0 radical (unpaired) electrons. The number of halogens is 1. The molecule has 0 amide bonds. The minimum atomic E-state index is -4.00. The average Bonchev–Trinajstić information content (AvgIpc) is 2.31. The molecule has 1 aromatic heterocycles. The van der Waals surface area contributed by atoms with E-state index in [0.29, 0.717) is 0 Å². The number of nitrogen functional groups attached to an aromatic ring is 1. The Morgan fingerprint density at radius 2 is 2.00 bits per heavy atom. The van der Waals surface area contributed by atoms with Crippen LogP contribution in [0.1, 0.15) is 0 Å². The molecule has 9 heteroatoms. The second-order valence-corrected chi connectivity index (χ2v) is 5.24. The molecular weight excluding hydrogens is 275 g/mol. The van der Waals surface area contributed by atoms with E-state index in [2.05, 4.69) is 14.9 Å².